The van der Waals surface area contributed by atoms with E-state index in [0.717, 1.165) is 27.7 Å². The molecule has 0 aliphatic rings. The van der Waals surface area contributed by atoms with Gasteiger partial charge in [-0.15, -0.1) is 0 Å². The van der Waals surface area contributed by atoms with Gasteiger partial charge in [0.15, 0.2) is 5.69 Å². The van der Waals surface area contributed by atoms with Crippen LogP contribution in [0.15, 0.2) is 67.0 Å². The number of aromatic nitrogens is 3. The van der Waals surface area contributed by atoms with Gasteiger partial charge in [0.05, 0.1) is 37.7 Å². The van der Waals surface area contributed by atoms with Crippen molar-refractivity contribution in [2.24, 2.45) is 0 Å². The van der Waals surface area contributed by atoms with Gasteiger partial charge in [0.25, 0.3) is 0 Å². The summed E-state index contributed by atoms with van der Waals surface area (Å²) < 4.78 is 12.1. The summed E-state index contributed by atoms with van der Waals surface area (Å²) in [6.07, 6.45) is 4.53. The molecule has 0 unspecified atom stereocenters. The first-order valence-electron chi connectivity index (χ1n) is 13.2. The van der Waals surface area contributed by atoms with E-state index in [9.17, 15) is 9.59 Å². The lowest BCUT2D eigenvalue weighted by Crippen LogP contribution is -2.18. The minimum atomic E-state index is -0.548. The maximum Gasteiger partial charge on any atom is 0.356 e. The molecule has 9 heteroatoms. The van der Waals surface area contributed by atoms with Crippen molar-refractivity contribution in [3.05, 3.63) is 89.4 Å². The predicted octanol–water partition coefficient (Wildman–Crippen LogP) is 5.44. The predicted molar refractivity (Wildman–Crippen MR) is 157 cm³/mol. The Kier molecular flexibility index (Phi) is 8.12. The van der Waals surface area contributed by atoms with Crippen LogP contribution in [0.4, 0.5) is 11.4 Å². The molecule has 0 saturated heterocycles. The van der Waals surface area contributed by atoms with Crippen LogP contribution < -0.4 is 10.6 Å². The fourth-order valence-electron chi connectivity index (χ4n) is 4.85. The summed E-state index contributed by atoms with van der Waals surface area (Å²) in [4.78, 5) is 34.0. The van der Waals surface area contributed by atoms with Crippen LogP contribution in [0.2, 0.25) is 0 Å². The molecule has 0 radical (unpaired) electrons. The Morgan fingerprint density at radius 1 is 1.05 bits per heavy atom. The summed E-state index contributed by atoms with van der Waals surface area (Å²) in [6.45, 7) is 3.38. The van der Waals surface area contributed by atoms with E-state index in [1.807, 2.05) is 35.0 Å². The van der Waals surface area contributed by atoms with Crippen LogP contribution in [-0.2, 0) is 33.8 Å². The number of anilines is 2. The Morgan fingerprint density at radius 2 is 1.85 bits per heavy atom. The molecule has 3 N–H and O–H groups in total. The van der Waals surface area contributed by atoms with Gasteiger partial charge in [0.1, 0.15) is 5.65 Å². The quantitative estimate of drug-likeness (QED) is 0.193. The first-order valence-corrected chi connectivity index (χ1v) is 13.2. The number of benzene rings is 2. The topological polar surface area (TPSA) is 110 Å². The molecule has 0 bridgehead atoms. The molecule has 0 atom stereocenters. The Hall–Kier alpha value is -4.63. The molecule has 0 aliphatic heterocycles. The van der Waals surface area contributed by atoms with Gasteiger partial charge in [-0.25, -0.2) is 9.78 Å². The zero-order valence-corrected chi connectivity index (χ0v) is 22.9. The minimum Gasteiger partial charge on any atom is -0.464 e. The van der Waals surface area contributed by atoms with Gasteiger partial charge < -0.3 is 29.7 Å². The second kappa shape index (κ2) is 12.0. The molecule has 1 amide bonds. The average Bonchev–Trinajstić information content (AvgIpc) is 3.52. The number of pyridine rings is 1. The van der Waals surface area contributed by atoms with Crippen molar-refractivity contribution in [2.75, 3.05) is 31.5 Å². The lowest BCUT2D eigenvalue weighted by Gasteiger charge is -2.11. The van der Waals surface area contributed by atoms with E-state index in [4.69, 9.17) is 14.5 Å². The zero-order valence-electron chi connectivity index (χ0n) is 22.9. The number of rotatable bonds is 11. The number of ether oxygens (including phenoxy) is 2. The highest BCUT2D eigenvalue weighted by Gasteiger charge is 2.26. The van der Waals surface area contributed by atoms with Crippen LogP contribution in [-0.4, -0.2) is 47.2 Å². The van der Waals surface area contributed by atoms with Gasteiger partial charge in [-0.2, -0.15) is 0 Å². The van der Waals surface area contributed by atoms with E-state index in [0.29, 0.717) is 36.2 Å². The molecule has 0 saturated carbocycles. The van der Waals surface area contributed by atoms with E-state index in [-0.39, 0.29) is 24.6 Å². The monoisotopic (exact) mass is 539 g/mol. The maximum absolute atomic E-state index is 13.1. The number of aryl methyl sites for hydroxylation is 3. The maximum atomic E-state index is 13.1. The molecule has 3 heterocycles. The summed E-state index contributed by atoms with van der Waals surface area (Å²) in [6, 6.07) is 18.3. The lowest BCUT2D eigenvalue weighted by molar-refractivity contribution is -0.117. The highest BCUT2D eigenvalue weighted by molar-refractivity contribution is 6.11. The average molecular weight is 540 g/mol. The van der Waals surface area contributed by atoms with Crippen molar-refractivity contribution in [3.63, 3.8) is 0 Å². The number of para-hydroxylation sites is 1. The van der Waals surface area contributed by atoms with Crippen molar-refractivity contribution in [1.82, 2.24) is 14.5 Å². The summed E-state index contributed by atoms with van der Waals surface area (Å²) in [5.74, 6) is -0.811. The van der Waals surface area contributed by atoms with Crippen molar-refractivity contribution in [3.8, 4) is 0 Å². The Morgan fingerprint density at radius 3 is 2.62 bits per heavy atom. The van der Waals surface area contributed by atoms with Gasteiger partial charge in [0.2, 0.25) is 5.91 Å². The second-order valence-electron chi connectivity index (χ2n) is 9.70. The Labute approximate surface area is 232 Å². The summed E-state index contributed by atoms with van der Waals surface area (Å²) in [5, 5.41) is 8.13. The van der Waals surface area contributed by atoms with Crippen molar-refractivity contribution in [1.29, 1.82) is 0 Å². The third kappa shape index (κ3) is 5.69. The van der Waals surface area contributed by atoms with E-state index >= 15 is 0 Å². The van der Waals surface area contributed by atoms with Gasteiger partial charge in [-0.3, -0.25) is 4.79 Å². The number of nitrogens with one attached hydrogen (secondary N) is 3. The molecule has 0 spiro atoms. The number of carbonyl (C=O) groups is 2. The number of fused-ring (bicyclic) bond motifs is 2. The first kappa shape index (κ1) is 27.0. The van der Waals surface area contributed by atoms with Crippen LogP contribution >= 0.6 is 0 Å². The molecule has 40 heavy (non-hydrogen) atoms. The van der Waals surface area contributed by atoms with Crippen molar-refractivity contribution < 1.29 is 19.1 Å². The summed E-state index contributed by atoms with van der Waals surface area (Å²) in [7, 11) is 2.88. The van der Waals surface area contributed by atoms with Crippen LogP contribution in [0.5, 0.6) is 0 Å². The van der Waals surface area contributed by atoms with Gasteiger partial charge in [-0.05, 0) is 36.6 Å². The number of hydrogen-bond donors (Lipinski definition) is 3. The van der Waals surface area contributed by atoms with Gasteiger partial charge >= 0.3 is 5.97 Å². The largest absolute Gasteiger partial charge is 0.464 e. The van der Waals surface area contributed by atoms with Crippen LogP contribution in [0.1, 0.15) is 33.6 Å². The van der Waals surface area contributed by atoms with Crippen LogP contribution in [0, 0.1) is 6.92 Å². The van der Waals surface area contributed by atoms with Crippen molar-refractivity contribution >= 4 is 45.2 Å². The normalized spacial score (nSPS) is 11.2. The molecule has 2 aromatic carbocycles. The second-order valence-corrected chi connectivity index (χ2v) is 9.70. The molecule has 9 nitrogen and oxygen atoms in total. The van der Waals surface area contributed by atoms with E-state index < -0.39 is 5.97 Å². The summed E-state index contributed by atoms with van der Waals surface area (Å²) >= 11 is 0. The fraction of sp³-hybridized carbons (Fsp3) is 0.258. The van der Waals surface area contributed by atoms with Crippen LogP contribution in [0.25, 0.3) is 21.9 Å². The summed E-state index contributed by atoms with van der Waals surface area (Å²) in [5.41, 5.74) is 6.50. The van der Waals surface area contributed by atoms with Gasteiger partial charge in [0, 0.05) is 42.7 Å². The SMILES string of the molecule is COCCC(=O)Nc1c(C(=O)OC)n(CCc2c[nH]c3ccccc23)c2ncc(NCc3ccc(C)cc3)cc12. The number of methoxy groups -OCH3 is 2. The standard InChI is InChI=1S/C31H33N5O4/c1-20-8-10-21(11-9-20)17-32-23-16-25-28(35-27(37)13-15-39-2)29(31(38)40-3)36(30(25)34-19-23)14-12-22-18-33-26-7-5-4-6-24(22)26/h4-11,16,18-19,32-33H,12-15,17H2,1-3H3,(H,35,37). The number of aromatic amines is 1. The number of esters is 1. The van der Waals surface area contributed by atoms with E-state index in [1.165, 1.54) is 12.7 Å². The third-order valence-corrected chi connectivity index (χ3v) is 6.97. The third-order valence-electron chi connectivity index (χ3n) is 6.97. The minimum absolute atomic E-state index is 0.151. The molecule has 0 fully saturated rings. The van der Waals surface area contributed by atoms with Crippen molar-refractivity contribution in [2.45, 2.75) is 32.9 Å². The molecule has 5 aromatic rings. The molecular weight excluding hydrogens is 506 g/mol. The van der Waals surface area contributed by atoms with E-state index in [1.54, 1.807) is 13.3 Å². The fourth-order valence-corrected chi connectivity index (χ4v) is 4.85. The highest BCUT2D eigenvalue weighted by Crippen LogP contribution is 2.33. The number of carbonyl (C=O) groups excluding carboxylic acids is 2. The molecule has 206 valence electrons. The van der Waals surface area contributed by atoms with Crippen LogP contribution in [0.3, 0.4) is 0 Å². The molecule has 0 aliphatic carbocycles. The smallest absolute Gasteiger partial charge is 0.356 e. The zero-order chi connectivity index (χ0) is 28.1. The molecule has 3 aromatic heterocycles. The molecule has 5 rings (SSSR count). The Bertz CT molecular complexity index is 1650. The first-order chi connectivity index (χ1) is 19.5. The number of hydrogen-bond acceptors (Lipinski definition) is 6. The Balaban J connectivity index is 1.53. The lowest BCUT2D eigenvalue weighted by atomic mass is 10.1. The highest BCUT2D eigenvalue weighted by atomic mass is 16.5. The number of H-pyrrole nitrogens is 1. The van der Waals surface area contributed by atoms with E-state index in [2.05, 4.69) is 52.9 Å². The number of nitrogens with zero attached hydrogens (tertiary/aromatic N) is 2. The number of amides is 1. The van der Waals surface area contributed by atoms with Gasteiger partial charge in [-0.1, -0.05) is 48.0 Å². The molecular formula is C31H33N5O4.